The average molecular weight is 448 g/mol. The Morgan fingerprint density at radius 3 is 2.41 bits per heavy atom. The molecule has 5 heteroatoms. The quantitative estimate of drug-likeness (QED) is 0.599. The molecule has 0 bridgehead atoms. The lowest BCUT2D eigenvalue weighted by Gasteiger charge is -2.44. The van der Waals surface area contributed by atoms with Gasteiger partial charge in [0.05, 0.1) is 0 Å². The van der Waals surface area contributed by atoms with Crippen molar-refractivity contribution in [1.82, 2.24) is 9.80 Å². The molecule has 1 aliphatic heterocycles. The second-order valence-electron chi connectivity index (χ2n) is 7.13. The summed E-state index contributed by atoms with van der Waals surface area (Å²) in [5.74, 6) is 0.0726. The molecule has 0 spiro atoms. The number of hydrogen-bond acceptors (Lipinski definition) is 2. The largest absolute Gasteiger partial charge is 0.334 e. The summed E-state index contributed by atoms with van der Waals surface area (Å²) in [6, 6.07) is 16.4. The van der Waals surface area contributed by atoms with E-state index in [0.29, 0.717) is 6.04 Å². The summed E-state index contributed by atoms with van der Waals surface area (Å²) in [4.78, 5) is 17.1. The van der Waals surface area contributed by atoms with E-state index in [1.807, 2.05) is 47.4 Å². The van der Waals surface area contributed by atoms with Crippen LogP contribution in [0.4, 0.5) is 0 Å². The van der Waals surface area contributed by atoms with Crippen molar-refractivity contribution in [2.24, 2.45) is 0 Å². The maximum absolute atomic E-state index is 12.7. The number of nitrogens with zero attached hydrogens (tertiary/aromatic N) is 2. The van der Waals surface area contributed by atoms with Gasteiger partial charge in [-0.15, -0.1) is 0 Å². The summed E-state index contributed by atoms with van der Waals surface area (Å²) >= 11 is 9.40. The number of rotatable bonds is 4. The smallest absolute Gasteiger partial charge is 0.246 e. The molecule has 0 aliphatic carbocycles. The first kappa shape index (κ1) is 20.1. The maximum Gasteiger partial charge on any atom is 0.246 e. The van der Waals surface area contributed by atoms with Gasteiger partial charge in [-0.2, -0.15) is 0 Å². The molecule has 142 valence electrons. The van der Waals surface area contributed by atoms with Crippen molar-refractivity contribution in [3.05, 3.63) is 75.2 Å². The van der Waals surface area contributed by atoms with E-state index in [1.165, 1.54) is 5.56 Å². The van der Waals surface area contributed by atoms with Crippen LogP contribution in [-0.4, -0.2) is 40.9 Å². The highest BCUT2D eigenvalue weighted by molar-refractivity contribution is 9.10. The second-order valence-corrected chi connectivity index (χ2v) is 8.48. The lowest BCUT2D eigenvalue weighted by molar-refractivity contribution is -0.131. The van der Waals surface area contributed by atoms with E-state index in [9.17, 15) is 4.79 Å². The van der Waals surface area contributed by atoms with Crippen LogP contribution in [0.2, 0.25) is 5.02 Å². The lowest BCUT2D eigenvalue weighted by atomic mass is 10.1. The number of piperazine rings is 1. The van der Waals surface area contributed by atoms with Gasteiger partial charge in [-0.3, -0.25) is 9.69 Å². The van der Waals surface area contributed by atoms with Gasteiger partial charge in [0.25, 0.3) is 0 Å². The Morgan fingerprint density at radius 2 is 1.74 bits per heavy atom. The molecule has 3 nitrogen and oxygen atoms in total. The third-order valence-corrected chi connectivity index (χ3v) is 5.77. The first-order chi connectivity index (χ1) is 12.9. The first-order valence-electron chi connectivity index (χ1n) is 9.15. The van der Waals surface area contributed by atoms with Crippen LogP contribution in [0.1, 0.15) is 25.0 Å². The third-order valence-electron chi connectivity index (χ3n) is 4.99. The second kappa shape index (κ2) is 9.05. The molecule has 1 aliphatic rings. The monoisotopic (exact) mass is 446 g/mol. The van der Waals surface area contributed by atoms with Crippen LogP contribution < -0.4 is 0 Å². The van der Waals surface area contributed by atoms with Gasteiger partial charge < -0.3 is 4.90 Å². The zero-order chi connectivity index (χ0) is 19.4. The SMILES string of the molecule is C[C@@H]1CN(Cc2ccc(Cl)cc2)[C@@H](C)CN1C(=O)/C=C/c1ccc(Br)cc1. The molecule has 2 aromatic rings. The summed E-state index contributed by atoms with van der Waals surface area (Å²) in [6.07, 6.45) is 3.56. The Morgan fingerprint density at radius 1 is 1.07 bits per heavy atom. The minimum atomic E-state index is 0.0726. The molecule has 27 heavy (non-hydrogen) atoms. The predicted octanol–water partition coefficient (Wildman–Crippen LogP) is 5.24. The Bertz CT molecular complexity index is 804. The zero-order valence-electron chi connectivity index (χ0n) is 15.6. The topological polar surface area (TPSA) is 23.6 Å². The molecular formula is C22H24BrClN2O. The van der Waals surface area contributed by atoms with E-state index in [-0.39, 0.29) is 11.9 Å². The van der Waals surface area contributed by atoms with Crippen molar-refractivity contribution >= 4 is 39.5 Å². The molecule has 2 atom stereocenters. The van der Waals surface area contributed by atoms with Crippen LogP contribution in [0.5, 0.6) is 0 Å². The molecule has 1 saturated heterocycles. The highest BCUT2D eigenvalue weighted by Gasteiger charge is 2.30. The van der Waals surface area contributed by atoms with Crippen LogP contribution in [-0.2, 0) is 11.3 Å². The standard InChI is InChI=1S/C22H24BrClN2O/c1-16-14-26(22(27)12-7-18-3-8-20(23)9-4-18)17(2)13-25(16)15-19-5-10-21(24)11-6-19/h3-12,16-17H,13-15H2,1-2H3/b12-7+/t16-,17+/m0/s1. The average Bonchev–Trinajstić information content (AvgIpc) is 2.65. The molecule has 1 fully saturated rings. The third kappa shape index (κ3) is 5.44. The maximum atomic E-state index is 12.7. The molecule has 0 radical (unpaired) electrons. The summed E-state index contributed by atoms with van der Waals surface area (Å²) in [5, 5.41) is 0.758. The highest BCUT2D eigenvalue weighted by atomic mass is 79.9. The summed E-state index contributed by atoms with van der Waals surface area (Å²) in [6.45, 7) is 6.77. The zero-order valence-corrected chi connectivity index (χ0v) is 18.0. The van der Waals surface area contributed by atoms with Crippen molar-refractivity contribution in [3.8, 4) is 0 Å². The molecule has 3 rings (SSSR count). The fourth-order valence-electron chi connectivity index (χ4n) is 3.39. The summed E-state index contributed by atoms with van der Waals surface area (Å²) in [5.41, 5.74) is 2.27. The number of hydrogen-bond donors (Lipinski definition) is 0. The van der Waals surface area contributed by atoms with Crippen molar-refractivity contribution in [2.45, 2.75) is 32.5 Å². The normalized spacial score (nSPS) is 21.0. The van der Waals surface area contributed by atoms with Crippen LogP contribution in [0, 0.1) is 0 Å². The Labute approximate surface area is 174 Å². The number of carbonyl (C=O) groups is 1. The van der Waals surface area contributed by atoms with Crippen LogP contribution >= 0.6 is 27.5 Å². The molecule has 0 aromatic heterocycles. The fourth-order valence-corrected chi connectivity index (χ4v) is 3.78. The van der Waals surface area contributed by atoms with E-state index in [0.717, 1.165) is 34.7 Å². The van der Waals surface area contributed by atoms with Gasteiger partial charge in [-0.25, -0.2) is 0 Å². The Balaban J connectivity index is 1.61. The molecule has 1 heterocycles. The molecule has 0 unspecified atom stereocenters. The number of benzene rings is 2. The van der Waals surface area contributed by atoms with E-state index in [2.05, 4.69) is 46.8 Å². The minimum absolute atomic E-state index is 0.0726. The Kier molecular flexibility index (Phi) is 6.74. The first-order valence-corrected chi connectivity index (χ1v) is 10.3. The van der Waals surface area contributed by atoms with Gasteiger partial charge >= 0.3 is 0 Å². The Hall–Kier alpha value is -1.62. The van der Waals surface area contributed by atoms with Crippen LogP contribution in [0.25, 0.3) is 6.08 Å². The van der Waals surface area contributed by atoms with Gasteiger partial charge in [0, 0.05) is 47.3 Å². The van der Waals surface area contributed by atoms with Gasteiger partial charge in [0.2, 0.25) is 5.91 Å². The lowest BCUT2D eigenvalue weighted by Crippen LogP contribution is -2.57. The number of carbonyl (C=O) groups excluding carboxylic acids is 1. The van der Waals surface area contributed by atoms with Crippen LogP contribution in [0.15, 0.2) is 59.1 Å². The fraction of sp³-hybridized carbons (Fsp3) is 0.318. The van der Waals surface area contributed by atoms with Crippen molar-refractivity contribution in [3.63, 3.8) is 0 Å². The minimum Gasteiger partial charge on any atom is -0.334 e. The van der Waals surface area contributed by atoms with Crippen LogP contribution in [0.3, 0.4) is 0 Å². The van der Waals surface area contributed by atoms with E-state index < -0.39 is 0 Å². The number of halogens is 2. The number of amides is 1. The summed E-state index contributed by atoms with van der Waals surface area (Å²) < 4.78 is 1.03. The predicted molar refractivity (Wildman–Crippen MR) is 116 cm³/mol. The van der Waals surface area contributed by atoms with E-state index in [4.69, 9.17) is 11.6 Å². The van der Waals surface area contributed by atoms with Gasteiger partial charge in [0.1, 0.15) is 0 Å². The molecule has 0 saturated carbocycles. The van der Waals surface area contributed by atoms with Crippen molar-refractivity contribution < 1.29 is 4.79 Å². The molecule has 1 amide bonds. The van der Waals surface area contributed by atoms with Crippen molar-refractivity contribution in [1.29, 1.82) is 0 Å². The van der Waals surface area contributed by atoms with Gasteiger partial charge in [0.15, 0.2) is 0 Å². The summed E-state index contributed by atoms with van der Waals surface area (Å²) in [7, 11) is 0. The highest BCUT2D eigenvalue weighted by Crippen LogP contribution is 2.20. The van der Waals surface area contributed by atoms with Gasteiger partial charge in [-0.05, 0) is 55.3 Å². The van der Waals surface area contributed by atoms with Gasteiger partial charge in [-0.1, -0.05) is 51.8 Å². The van der Waals surface area contributed by atoms with Crippen molar-refractivity contribution in [2.75, 3.05) is 13.1 Å². The molecule has 2 aromatic carbocycles. The van der Waals surface area contributed by atoms with E-state index >= 15 is 0 Å². The van der Waals surface area contributed by atoms with E-state index in [1.54, 1.807) is 6.08 Å². The molecular weight excluding hydrogens is 424 g/mol. The molecule has 0 N–H and O–H groups in total.